The van der Waals surface area contributed by atoms with Gasteiger partial charge in [-0.3, -0.25) is 0 Å². The van der Waals surface area contributed by atoms with E-state index in [1.54, 1.807) is 0 Å². The van der Waals surface area contributed by atoms with Crippen LogP contribution in [-0.4, -0.2) is 31.1 Å². The van der Waals surface area contributed by atoms with E-state index in [-0.39, 0.29) is 0 Å². The Morgan fingerprint density at radius 1 is 1.06 bits per heavy atom. The molecule has 0 bridgehead atoms. The molecule has 4 unspecified atom stereocenters. The zero-order valence-corrected chi connectivity index (χ0v) is 12.4. The molecule has 2 N–H and O–H groups in total. The van der Waals surface area contributed by atoms with E-state index < -0.39 is 0 Å². The Hall–Kier alpha value is -0.0800. The van der Waals surface area contributed by atoms with Gasteiger partial charge in [-0.15, -0.1) is 0 Å². The van der Waals surface area contributed by atoms with Crippen LogP contribution in [0.1, 0.15) is 58.3 Å². The third-order valence-electron chi connectivity index (χ3n) is 5.33. The molecule has 2 aliphatic carbocycles. The molecule has 0 spiro atoms. The summed E-state index contributed by atoms with van der Waals surface area (Å²) in [6.07, 6.45) is 11.3. The molecule has 0 radical (unpaired) electrons. The molecule has 0 aliphatic heterocycles. The van der Waals surface area contributed by atoms with E-state index >= 15 is 0 Å². The standard InChI is InChI=1S/C16H32N2/c1-13-6-5-7-14(10-13)12-18(2)16-9-4-3-8-15(16)11-17/h13-16H,3-12,17H2,1-2H3. The SMILES string of the molecule is CC1CCCC(CN(C)C2CCCCC2CN)C1. The summed E-state index contributed by atoms with van der Waals surface area (Å²) in [5.41, 5.74) is 5.96. The fraction of sp³-hybridized carbons (Fsp3) is 1.00. The largest absolute Gasteiger partial charge is 0.330 e. The van der Waals surface area contributed by atoms with Crippen LogP contribution >= 0.6 is 0 Å². The Kier molecular flexibility index (Phi) is 5.50. The van der Waals surface area contributed by atoms with Gasteiger partial charge in [-0.2, -0.15) is 0 Å². The molecule has 0 aromatic carbocycles. The monoisotopic (exact) mass is 252 g/mol. The molecular formula is C16H32N2. The molecule has 2 heteroatoms. The lowest BCUT2D eigenvalue weighted by atomic mass is 9.80. The van der Waals surface area contributed by atoms with Gasteiger partial charge in [0.1, 0.15) is 0 Å². The van der Waals surface area contributed by atoms with Crippen molar-refractivity contribution in [3.8, 4) is 0 Å². The Bertz CT molecular complexity index is 241. The lowest BCUT2D eigenvalue weighted by Gasteiger charge is -2.40. The van der Waals surface area contributed by atoms with Crippen LogP contribution in [0.5, 0.6) is 0 Å². The average Bonchev–Trinajstić information content (AvgIpc) is 2.38. The molecule has 0 heterocycles. The second-order valence-electron chi connectivity index (χ2n) is 6.92. The Labute approximate surface area is 113 Å². The van der Waals surface area contributed by atoms with Crippen LogP contribution in [0.15, 0.2) is 0 Å². The number of nitrogens with two attached hydrogens (primary N) is 1. The van der Waals surface area contributed by atoms with Gasteiger partial charge in [0.15, 0.2) is 0 Å². The van der Waals surface area contributed by atoms with Gasteiger partial charge in [-0.1, -0.05) is 32.6 Å². The predicted octanol–water partition coefficient (Wildman–Crippen LogP) is 3.26. The van der Waals surface area contributed by atoms with Gasteiger partial charge in [-0.05, 0) is 57.0 Å². The molecule has 0 aromatic heterocycles. The Balaban J connectivity index is 1.83. The van der Waals surface area contributed by atoms with E-state index in [0.29, 0.717) is 0 Å². The summed E-state index contributed by atoms with van der Waals surface area (Å²) in [5.74, 6) is 2.65. The van der Waals surface area contributed by atoms with Crippen LogP contribution in [0.25, 0.3) is 0 Å². The zero-order valence-electron chi connectivity index (χ0n) is 12.4. The maximum Gasteiger partial charge on any atom is 0.0133 e. The Morgan fingerprint density at radius 3 is 2.56 bits per heavy atom. The smallest absolute Gasteiger partial charge is 0.0133 e. The van der Waals surface area contributed by atoms with Gasteiger partial charge in [0.05, 0.1) is 0 Å². The Morgan fingerprint density at radius 2 is 1.83 bits per heavy atom. The molecule has 0 saturated heterocycles. The zero-order chi connectivity index (χ0) is 13.0. The lowest BCUT2D eigenvalue weighted by Crippen LogP contribution is -2.45. The normalized spacial score (nSPS) is 38.0. The van der Waals surface area contributed by atoms with E-state index in [9.17, 15) is 0 Å². The third-order valence-corrected chi connectivity index (χ3v) is 5.33. The van der Waals surface area contributed by atoms with Crippen molar-refractivity contribution < 1.29 is 0 Å². The van der Waals surface area contributed by atoms with Crippen molar-refractivity contribution in [2.45, 2.75) is 64.3 Å². The number of hydrogen-bond acceptors (Lipinski definition) is 2. The van der Waals surface area contributed by atoms with Gasteiger partial charge in [0.2, 0.25) is 0 Å². The predicted molar refractivity (Wildman–Crippen MR) is 78.6 cm³/mol. The van der Waals surface area contributed by atoms with Crippen molar-refractivity contribution in [2.75, 3.05) is 20.1 Å². The molecule has 2 nitrogen and oxygen atoms in total. The fourth-order valence-electron chi connectivity index (χ4n) is 4.31. The second kappa shape index (κ2) is 6.91. The molecule has 0 amide bonds. The van der Waals surface area contributed by atoms with E-state index in [1.165, 1.54) is 57.9 Å². The fourth-order valence-corrected chi connectivity index (χ4v) is 4.31. The van der Waals surface area contributed by atoms with E-state index in [4.69, 9.17) is 5.73 Å². The summed E-state index contributed by atoms with van der Waals surface area (Å²) in [4.78, 5) is 2.65. The highest BCUT2D eigenvalue weighted by Crippen LogP contribution is 2.32. The minimum atomic E-state index is 0.754. The lowest BCUT2D eigenvalue weighted by molar-refractivity contribution is 0.101. The molecule has 18 heavy (non-hydrogen) atoms. The van der Waals surface area contributed by atoms with Crippen LogP contribution in [0, 0.1) is 17.8 Å². The summed E-state index contributed by atoms with van der Waals surface area (Å²) < 4.78 is 0. The maximum atomic E-state index is 5.96. The molecule has 2 rings (SSSR count). The molecule has 2 saturated carbocycles. The first-order valence-corrected chi connectivity index (χ1v) is 8.11. The van der Waals surface area contributed by atoms with Gasteiger partial charge < -0.3 is 10.6 Å². The van der Waals surface area contributed by atoms with Crippen molar-refractivity contribution in [2.24, 2.45) is 23.5 Å². The molecule has 2 aliphatic rings. The second-order valence-corrected chi connectivity index (χ2v) is 6.92. The number of hydrogen-bond donors (Lipinski definition) is 1. The first-order chi connectivity index (χ1) is 8.70. The van der Waals surface area contributed by atoms with E-state index in [2.05, 4.69) is 18.9 Å². The summed E-state index contributed by atoms with van der Waals surface area (Å²) in [5, 5.41) is 0. The maximum absolute atomic E-state index is 5.96. The quantitative estimate of drug-likeness (QED) is 0.832. The summed E-state index contributed by atoms with van der Waals surface area (Å²) >= 11 is 0. The minimum absolute atomic E-state index is 0.754. The number of nitrogens with zero attached hydrogens (tertiary/aromatic N) is 1. The van der Waals surface area contributed by atoms with Gasteiger partial charge >= 0.3 is 0 Å². The van der Waals surface area contributed by atoms with Crippen molar-refractivity contribution in [3.05, 3.63) is 0 Å². The van der Waals surface area contributed by atoms with Crippen molar-refractivity contribution in [1.29, 1.82) is 0 Å². The van der Waals surface area contributed by atoms with Gasteiger partial charge in [0, 0.05) is 12.6 Å². The molecule has 4 atom stereocenters. The van der Waals surface area contributed by atoms with Crippen molar-refractivity contribution in [1.82, 2.24) is 4.90 Å². The van der Waals surface area contributed by atoms with Crippen LogP contribution in [0.4, 0.5) is 0 Å². The van der Waals surface area contributed by atoms with Crippen molar-refractivity contribution in [3.63, 3.8) is 0 Å². The van der Waals surface area contributed by atoms with E-state index in [0.717, 1.165) is 30.3 Å². The first kappa shape index (κ1) is 14.3. The highest BCUT2D eigenvalue weighted by atomic mass is 15.1. The molecule has 106 valence electrons. The van der Waals surface area contributed by atoms with Crippen LogP contribution in [-0.2, 0) is 0 Å². The summed E-state index contributed by atoms with van der Waals surface area (Å²) in [7, 11) is 2.35. The summed E-state index contributed by atoms with van der Waals surface area (Å²) in [6.45, 7) is 4.62. The van der Waals surface area contributed by atoms with E-state index in [1.807, 2.05) is 0 Å². The highest BCUT2D eigenvalue weighted by molar-refractivity contribution is 4.84. The highest BCUT2D eigenvalue weighted by Gasteiger charge is 2.29. The van der Waals surface area contributed by atoms with Gasteiger partial charge in [-0.25, -0.2) is 0 Å². The number of rotatable bonds is 4. The topological polar surface area (TPSA) is 29.3 Å². The van der Waals surface area contributed by atoms with Crippen LogP contribution in [0.2, 0.25) is 0 Å². The molecule has 2 fully saturated rings. The first-order valence-electron chi connectivity index (χ1n) is 8.11. The average molecular weight is 252 g/mol. The van der Waals surface area contributed by atoms with Gasteiger partial charge in [0.25, 0.3) is 0 Å². The third kappa shape index (κ3) is 3.71. The van der Waals surface area contributed by atoms with Crippen LogP contribution < -0.4 is 5.73 Å². The molecular weight excluding hydrogens is 220 g/mol. The van der Waals surface area contributed by atoms with Crippen LogP contribution in [0.3, 0.4) is 0 Å². The molecule has 0 aromatic rings. The minimum Gasteiger partial charge on any atom is -0.330 e. The summed E-state index contributed by atoms with van der Waals surface area (Å²) in [6, 6.07) is 0.765. The van der Waals surface area contributed by atoms with Crippen molar-refractivity contribution >= 4 is 0 Å².